The van der Waals surface area contributed by atoms with Crippen molar-refractivity contribution in [1.29, 1.82) is 21.6 Å². The molecule has 0 aliphatic rings. The summed E-state index contributed by atoms with van der Waals surface area (Å²) in [6.07, 6.45) is 0. The van der Waals surface area contributed by atoms with E-state index in [0.29, 0.717) is 22.5 Å². The van der Waals surface area contributed by atoms with Crippen LogP contribution in [0.25, 0.3) is 44.1 Å². The van der Waals surface area contributed by atoms with Crippen LogP contribution in [-0.4, -0.2) is 30.1 Å². The number of pyridine rings is 2. The molecule has 4 N–H and O–H groups in total. The van der Waals surface area contributed by atoms with Crippen LogP contribution in [-0.2, 0) is 0 Å². The molecule has 0 saturated heterocycles. The van der Waals surface area contributed by atoms with Gasteiger partial charge in [-0.25, -0.2) is 9.97 Å². The maximum Gasteiger partial charge on any atom is 0.119 e. The van der Waals surface area contributed by atoms with Gasteiger partial charge in [-0.1, -0.05) is 121 Å². The number of thioether (sulfide) groups is 2. The molecule has 0 aliphatic heterocycles. The van der Waals surface area contributed by atoms with Gasteiger partial charge >= 0.3 is 0 Å². The van der Waals surface area contributed by atoms with Gasteiger partial charge < -0.3 is 0 Å². The third-order valence-corrected chi connectivity index (χ3v) is 9.62. The van der Waals surface area contributed by atoms with E-state index in [1.54, 1.807) is 36.4 Å². The second kappa shape index (κ2) is 13.6. The van der Waals surface area contributed by atoms with Crippen LogP contribution in [0, 0.1) is 21.6 Å². The molecule has 7 aromatic rings. The minimum Gasteiger partial charge on any atom is -0.293 e. The molecule has 2 aromatic heterocycles. The minimum atomic E-state index is 0.182. The summed E-state index contributed by atoms with van der Waals surface area (Å²) in [5.41, 5.74) is 5.83. The summed E-state index contributed by atoms with van der Waals surface area (Å²) in [5, 5.41) is 40.0. The second-order valence-electron chi connectivity index (χ2n) is 11.0. The van der Waals surface area contributed by atoms with Crippen molar-refractivity contribution in [3.63, 3.8) is 0 Å². The Morgan fingerprint density at radius 3 is 1.19 bits per heavy atom. The molecule has 0 atom stereocenters. The zero-order valence-corrected chi connectivity index (χ0v) is 27.2. The highest BCUT2D eigenvalue weighted by atomic mass is 32.2. The van der Waals surface area contributed by atoms with Gasteiger partial charge in [-0.15, -0.1) is 0 Å². The van der Waals surface area contributed by atoms with Gasteiger partial charge in [0, 0.05) is 22.3 Å². The van der Waals surface area contributed by atoms with E-state index in [1.807, 2.05) is 72.8 Å². The Balaban J connectivity index is 1.01. The SMILES string of the molecule is N=C(SC(=N)c1cccc(-c2cccc3ccccc23)n1)c1ccc(C(=N)SC(=N)c2cccc(-c3cccc4ccccc34)n2)cc1. The Morgan fingerprint density at radius 1 is 0.375 bits per heavy atom. The van der Waals surface area contributed by atoms with E-state index in [2.05, 4.69) is 36.4 Å². The van der Waals surface area contributed by atoms with Crippen molar-refractivity contribution in [2.24, 2.45) is 0 Å². The summed E-state index contributed by atoms with van der Waals surface area (Å²) >= 11 is 2.08. The van der Waals surface area contributed by atoms with Crippen LogP contribution in [0.3, 0.4) is 0 Å². The predicted molar refractivity (Wildman–Crippen MR) is 203 cm³/mol. The van der Waals surface area contributed by atoms with Crippen LogP contribution >= 0.6 is 23.5 Å². The summed E-state index contributed by atoms with van der Waals surface area (Å²) in [6.45, 7) is 0. The summed E-state index contributed by atoms with van der Waals surface area (Å²) < 4.78 is 0. The molecule has 0 unspecified atom stereocenters. The molecule has 5 aromatic carbocycles. The standard InChI is InChI=1S/C40H28N6S2/c41-37(47-39(43)35-19-7-17-33(45-35)31-15-5-11-25-9-1-3-13-29(25)31)27-21-23-28(24-22-27)38(42)48-40(44)36-20-8-18-34(46-36)32-16-6-12-26-10-2-4-14-30(26)32/h1-24,41-44H. The number of hydrogen-bond acceptors (Lipinski definition) is 8. The smallest absolute Gasteiger partial charge is 0.119 e. The lowest BCUT2D eigenvalue weighted by atomic mass is 10.0. The number of rotatable bonds is 6. The lowest BCUT2D eigenvalue weighted by Crippen LogP contribution is -2.06. The number of aromatic nitrogens is 2. The average molecular weight is 657 g/mol. The van der Waals surface area contributed by atoms with Crippen molar-refractivity contribution in [2.75, 3.05) is 0 Å². The number of benzene rings is 5. The molecule has 0 fully saturated rings. The number of nitrogens with zero attached hydrogens (tertiary/aromatic N) is 2. The first-order valence-corrected chi connectivity index (χ1v) is 16.8. The van der Waals surface area contributed by atoms with E-state index in [0.717, 1.165) is 67.6 Å². The van der Waals surface area contributed by atoms with Crippen LogP contribution in [0.2, 0.25) is 0 Å². The summed E-state index contributed by atoms with van der Waals surface area (Å²) in [6, 6.07) is 46.9. The van der Waals surface area contributed by atoms with E-state index in [4.69, 9.17) is 31.6 Å². The van der Waals surface area contributed by atoms with E-state index in [-0.39, 0.29) is 20.2 Å². The molecule has 0 radical (unpaired) electrons. The first-order chi connectivity index (χ1) is 23.4. The molecule has 48 heavy (non-hydrogen) atoms. The van der Waals surface area contributed by atoms with Crippen molar-refractivity contribution in [3.8, 4) is 22.5 Å². The summed E-state index contributed by atoms with van der Waals surface area (Å²) in [5.74, 6) is 0. The minimum absolute atomic E-state index is 0.182. The van der Waals surface area contributed by atoms with Gasteiger partial charge in [0.1, 0.15) is 20.2 Å². The fourth-order valence-corrected chi connectivity index (χ4v) is 6.87. The lowest BCUT2D eigenvalue weighted by Gasteiger charge is -2.10. The molecule has 0 amide bonds. The molecular weight excluding hydrogens is 629 g/mol. The van der Waals surface area contributed by atoms with Crippen LogP contribution in [0.4, 0.5) is 0 Å². The fourth-order valence-electron chi connectivity index (χ4n) is 5.52. The Morgan fingerprint density at radius 2 is 0.750 bits per heavy atom. The second-order valence-corrected chi connectivity index (χ2v) is 13.0. The van der Waals surface area contributed by atoms with Crippen LogP contribution < -0.4 is 0 Å². The van der Waals surface area contributed by atoms with Gasteiger partial charge in [0.2, 0.25) is 0 Å². The molecule has 0 aliphatic carbocycles. The zero-order chi connectivity index (χ0) is 33.0. The highest BCUT2D eigenvalue weighted by molar-refractivity contribution is 8.27. The molecule has 0 spiro atoms. The van der Waals surface area contributed by atoms with Gasteiger partial charge in [-0.2, -0.15) is 0 Å². The van der Waals surface area contributed by atoms with E-state index in [9.17, 15) is 0 Å². The Kier molecular flexibility index (Phi) is 8.74. The van der Waals surface area contributed by atoms with Gasteiger partial charge in [0.05, 0.1) is 22.8 Å². The molecule has 6 nitrogen and oxygen atoms in total. The normalized spacial score (nSPS) is 11.0. The van der Waals surface area contributed by atoms with Gasteiger partial charge in [-0.3, -0.25) is 21.6 Å². The third-order valence-electron chi connectivity index (χ3n) is 7.91. The summed E-state index contributed by atoms with van der Waals surface area (Å²) in [4.78, 5) is 9.53. The molecule has 0 saturated carbocycles. The molecule has 0 bridgehead atoms. The van der Waals surface area contributed by atoms with Crippen LogP contribution in [0.5, 0.6) is 0 Å². The molecule has 7 rings (SSSR count). The van der Waals surface area contributed by atoms with E-state index in [1.165, 1.54) is 0 Å². The first kappa shape index (κ1) is 30.9. The highest BCUT2D eigenvalue weighted by Gasteiger charge is 2.15. The molecule has 230 valence electrons. The molecule has 2 heterocycles. The Labute approximate surface area is 286 Å². The van der Waals surface area contributed by atoms with Gasteiger partial charge in [-0.05, 0) is 69.3 Å². The molecule has 8 heteroatoms. The Bertz CT molecular complexity index is 2200. The van der Waals surface area contributed by atoms with Crippen molar-refractivity contribution < 1.29 is 0 Å². The van der Waals surface area contributed by atoms with Crippen molar-refractivity contribution in [2.45, 2.75) is 0 Å². The topological polar surface area (TPSA) is 121 Å². The number of fused-ring (bicyclic) bond motifs is 2. The lowest BCUT2D eigenvalue weighted by molar-refractivity contribution is 1.29. The zero-order valence-electron chi connectivity index (χ0n) is 25.6. The number of hydrogen-bond donors (Lipinski definition) is 4. The average Bonchev–Trinajstić information content (AvgIpc) is 3.14. The number of nitrogens with one attached hydrogen (secondary N) is 4. The first-order valence-electron chi connectivity index (χ1n) is 15.2. The fraction of sp³-hybridized carbons (Fsp3) is 0. The van der Waals surface area contributed by atoms with Crippen molar-refractivity contribution in [3.05, 3.63) is 168 Å². The predicted octanol–water partition coefficient (Wildman–Crippen LogP) is 10.3. The van der Waals surface area contributed by atoms with Crippen LogP contribution in [0.1, 0.15) is 22.5 Å². The third kappa shape index (κ3) is 6.44. The highest BCUT2D eigenvalue weighted by Crippen LogP contribution is 2.30. The summed E-state index contributed by atoms with van der Waals surface area (Å²) in [7, 11) is 0. The maximum atomic E-state index is 8.70. The maximum absolute atomic E-state index is 8.70. The van der Waals surface area contributed by atoms with Gasteiger partial charge in [0.15, 0.2) is 0 Å². The van der Waals surface area contributed by atoms with Crippen molar-refractivity contribution >= 4 is 65.2 Å². The van der Waals surface area contributed by atoms with Crippen LogP contribution in [0.15, 0.2) is 146 Å². The van der Waals surface area contributed by atoms with E-state index < -0.39 is 0 Å². The van der Waals surface area contributed by atoms with E-state index >= 15 is 0 Å². The Hall–Kier alpha value is -5.70. The quantitative estimate of drug-likeness (QED) is 0.105. The van der Waals surface area contributed by atoms with Crippen molar-refractivity contribution in [1.82, 2.24) is 9.97 Å². The largest absolute Gasteiger partial charge is 0.293 e. The molecular formula is C40H28N6S2. The monoisotopic (exact) mass is 656 g/mol. The van der Waals surface area contributed by atoms with Gasteiger partial charge in [0.25, 0.3) is 0 Å².